The average Bonchev–Trinajstić information content (AvgIpc) is 2.96. The molecule has 0 atom stereocenters. The lowest BCUT2D eigenvalue weighted by molar-refractivity contribution is -0.118. The van der Waals surface area contributed by atoms with Crippen molar-refractivity contribution in [3.63, 3.8) is 0 Å². The van der Waals surface area contributed by atoms with E-state index < -0.39 is 5.63 Å². The van der Waals surface area contributed by atoms with E-state index in [9.17, 15) is 9.59 Å². The third-order valence-electron chi connectivity index (χ3n) is 3.42. The molecule has 1 aromatic carbocycles. The summed E-state index contributed by atoms with van der Waals surface area (Å²) in [5.41, 5.74) is 1.83. The van der Waals surface area contributed by atoms with Gasteiger partial charge in [0.1, 0.15) is 11.3 Å². The number of thiazole rings is 1. The summed E-state index contributed by atoms with van der Waals surface area (Å²) in [5, 5.41) is 5.93. The fourth-order valence-corrected chi connectivity index (χ4v) is 3.01. The first-order valence-corrected chi connectivity index (χ1v) is 8.34. The van der Waals surface area contributed by atoms with Crippen molar-refractivity contribution in [2.24, 2.45) is 0 Å². The van der Waals surface area contributed by atoms with Crippen molar-refractivity contribution in [3.05, 3.63) is 51.3 Å². The molecule has 0 aliphatic carbocycles. The quantitative estimate of drug-likeness (QED) is 0.719. The molecule has 7 heteroatoms. The van der Waals surface area contributed by atoms with Gasteiger partial charge in [-0.1, -0.05) is 6.92 Å². The number of aromatic nitrogens is 1. The molecule has 24 heavy (non-hydrogen) atoms. The monoisotopic (exact) mass is 344 g/mol. The van der Waals surface area contributed by atoms with Crippen LogP contribution in [0.25, 0.3) is 11.0 Å². The molecule has 0 saturated carbocycles. The second kappa shape index (κ2) is 6.84. The SMILES string of the molecule is CCc1cc(=O)oc2cc(OCC(=O)Nc3nc(C)cs3)ccc12. The highest BCUT2D eigenvalue weighted by Gasteiger charge is 2.09. The Morgan fingerprint density at radius 2 is 2.21 bits per heavy atom. The lowest BCUT2D eigenvalue weighted by atomic mass is 10.1. The number of hydrogen-bond acceptors (Lipinski definition) is 6. The number of amides is 1. The predicted molar refractivity (Wildman–Crippen MR) is 92.8 cm³/mol. The molecular formula is C17H16N2O4S. The zero-order valence-electron chi connectivity index (χ0n) is 13.3. The summed E-state index contributed by atoms with van der Waals surface area (Å²) in [7, 11) is 0. The molecule has 0 bridgehead atoms. The summed E-state index contributed by atoms with van der Waals surface area (Å²) < 4.78 is 10.7. The van der Waals surface area contributed by atoms with Crippen molar-refractivity contribution in [1.29, 1.82) is 0 Å². The molecule has 0 saturated heterocycles. The maximum atomic E-state index is 11.9. The number of nitrogens with zero attached hydrogens (tertiary/aromatic N) is 1. The molecule has 2 aromatic heterocycles. The van der Waals surface area contributed by atoms with Crippen LogP contribution in [-0.4, -0.2) is 17.5 Å². The number of nitrogens with one attached hydrogen (secondary N) is 1. The second-order valence-electron chi connectivity index (χ2n) is 5.23. The number of hydrogen-bond donors (Lipinski definition) is 1. The van der Waals surface area contributed by atoms with Crippen molar-refractivity contribution in [3.8, 4) is 5.75 Å². The molecule has 1 amide bonds. The van der Waals surface area contributed by atoms with Crippen LogP contribution in [0.4, 0.5) is 5.13 Å². The minimum atomic E-state index is -0.395. The van der Waals surface area contributed by atoms with Gasteiger partial charge in [0.05, 0.1) is 5.69 Å². The molecule has 0 spiro atoms. The average molecular weight is 344 g/mol. The van der Waals surface area contributed by atoms with E-state index in [-0.39, 0.29) is 12.5 Å². The van der Waals surface area contributed by atoms with E-state index in [0.717, 1.165) is 23.1 Å². The molecule has 3 aromatic rings. The number of anilines is 1. The van der Waals surface area contributed by atoms with Crippen molar-refractivity contribution >= 4 is 33.3 Å². The maximum Gasteiger partial charge on any atom is 0.336 e. The topological polar surface area (TPSA) is 81.4 Å². The van der Waals surface area contributed by atoms with Crippen LogP contribution in [-0.2, 0) is 11.2 Å². The highest BCUT2D eigenvalue weighted by molar-refractivity contribution is 7.13. The standard InChI is InChI=1S/C17H16N2O4S/c1-3-11-6-16(21)23-14-7-12(4-5-13(11)14)22-8-15(20)19-17-18-10(2)9-24-17/h4-7,9H,3,8H2,1-2H3,(H,18,19,20). The van der Waals surface area contributed by atoms with E-state index in [1.165, 1.54) is 17.4 Å². The van der Waals surface area contributed by atoms with Crippen LogP contribution < -0.4 is 15.7 Å². The van der Waals surface area contributed by atoms with Gasteiger partial charge in [-0.25, -0.2) is 9.78 Å². The largest absolute Gasteiger partial charge is 0.484 e. The van der Waals surface area contributed by atoms with Gasteiger partial charge in [0, 0.05) is 22.9 Å². The fourth-order valence-electron chi connectivity index (χ4n) is 2.31. The van der Waals surface area contributed by atoms with E-state index >= 15 is 0 Å². The first-order valence-electron chi connectivity index (χ1n) is 7.46. The number of benzene rings is 1. The van der Waals surface area contributed by atoms with E-state index in [0.29, 0.717) is 16.5 Å². The predicted octanol–water partition coefficient (Wildman–Crippen LogP) is 3.14. The Morgan fingerprint density at radius 3 is 2.92 bits per heavy atom. The van der Waals surface area contributed by atoms with Gasteiger partial charge in [-0.15, -0.1) is 11.3 Å². The minimum absolute atomic E-state index is 0.151. The van der Waals surface area contributed by atoms with E-state index in [1.807, 2.05) is 25.3 Å². The molecule has 0 aliphatic heterocycles. The number of aryl methyl sites for hydroxylation is 2. The summed E-state index contributed by atoms with van der Waals surface area (Å²) in [6.07, 6.45) is 0.734. The third kappa shape index (κ3) is 3.62. The van der Waals surface area contributed by atoms with Crippen LogP contribution in [0.1, 0.15) is 18.2 Å². The number of ether oxygens (including phenoxy) is 1. The Balaban J connectivity index is 1.71. The maximum absolute atomic E-state index is 11.9. The Labute approximate surface area is 142 Å². The molecule has 0 fully saturated rings. The van der Waals surface area contributed by atoms with Gasteiger partial charge in [0.15, 0.2) is 11.7 Å². The van der Waals surface area contributed by atoms with Crippen molar-refractivity contribution in [2.45, 2.75) is 20.3 Å². The second-order valence-corrected chi connectivity index (χ2v) is 6.09. The zero-order valence-corrected chi connectivity index (χ0v) is 14.1. The first-order chi connectivity index (χ1) is 11.5. The summed E-state index contributed by atoms with van der Waals surface area (Å²) in [4.78, 5) is 27.6. The number of fused-ring (bicyclic) bond motifs is 1. The summed E-state index contributed by atoms with van der Waals surface area (Å²) in [6, 6.07) is 6.69. The van der Waals surface area contributed by atoms with Gasteiger partial charge in [-0.2, -0.15) is 0 Å². The van der Waals surface area contributed by atoms with Crippen LogP contribution in [0.5, 0.6) is 5.75 Å². The molecule has 124 valence electrons. The van der Waals surface area contributed by atoms with Crippen LogP contribution in [0.2, 0.25) is 0 Å². The highest BCUT2D eigenvalue weighted by Crippen LogP contribution is 2.23. The first kappa shape index (κ1) is 16.2. The van der Waals surface area contributed by atoms with Crippen molar-refractivity contribution in [2.75, 3.05) is 11.9 Å². The smallest absolute Gasteiger partial charge is 0.336 e. The van der Waals surface area contributed by atoms with Crippen LogP contribution in [0.15, 0.2) is 38.9 Å². The molecular weight excluding hydrogens is 328 g/mol. The van der Waals surface area contributed by atoms with Gasteiger partial charge >= 0.3 is 5.63 Å². The lowest BCUT2D eigenvalue weighted by Crippen LogP contribution is -2.20. The Morgan fingerprint density at radius 1 is 1.38 bits per heavy atom. The van der Waals surface area contributed by atoms with Crippen LogP contribution in [0.3, 0.4) is 0 Å². The molecule has 6 nitrogen and oxygen atoms in total. The fraction of sp³-hybridized carbons (Fsp3) is 0.235. The molecule has 0 unspecified atom stereocenters. The summed E-state index contributed by atoms with van der Waals surface area (Å²) >= 11 is 1.36. The van der Waals surface area contributed by atoms with Gasteiger partial charge in [-0.3, -0.25) is 10.1 Å². The van der Waals surface area contributed by atoms with Crippen LogP contribution >= 0.6 is 11.3 Å². The Bertz CT molecular complexity index is 945. The van der Waals surface area contributed by atoms with Gasteiger partial charge in [-0.05, 0) is 31.0 Å². The number of carbonyl (C=O) groups excluding carboxylic acids is 1. The molecule has 2 heterocycles. The van der Waals surface area contributed by atoms with Crippen molar-refractivity contribution < 1.29 is 13.9 Å². The van der Waals surface area contributed by atoms with E-state index in [2.05, 4.69) is 10.3 Å². The lowest BCUT2D eigenvalue weighted by Gasteiger charge is -2.08. The van der Waals surface area contributed by atoms with Crippen molar-refractivity contribution in [1.82, 2.24) is 4.98 Å². The van der Waals surface area contributed by atoms with E-state index in [4.69, 9.17) is 9.15 Å². The van der Waals surface area contributed by atoms with Crippen LogP contribution in [0, 0.1) is 6.92 Å². The normalized spacial score (nSPS) is 10.8. The molecule has 3 rings (SSSR count). The summed E-state index contributed by atoms with van der Waals surface area (Å²) in [5.74, 6) is 0.164. The van der Waals surface area contributed by atoms with Gasteiger partial charge < -0.3 is 9.15 Å². The Kier molecular flexibility index (Phi) is 4.61. The summed E-state index contributed by atoms with van der Waals surface area (Å²) in [6.45, 7) is 3.68. The van der Waals surface area contributed by atoms with E-state index in [1.54, 1.807) is 12.1 Å². The third-order valence-corrected chi connectivity index (χ3v) is 4.29. The molecule has 0 radical (unpaired) electrons. The molecule has 1 N–H and O–H groups in total. The number of carbonyl (C=O) groups is 1. The highest BCUT2D eigenvalue weighted by atomic mass is 32.1. The number of rotatable bonds is 5. The van der Waals surface area contributed by atoms with Gasteiger partial charge in [0.2, 0.25) is 0 Å². The van der Waals surface area contributed by atoms with Gasteiger partial charge in [0.25, 0.3) is 5.91 Å². The minimum Gasteiger partial charge on any atom is -0.484 e. The Hall–Kier alpha value is -2.67. The molecule has 0 aliphatic rings. The zero-order chi connectivity index (χ0) is 17.1.